The molecular formula is C23H31F2N7O. The van der Waals surface area contributed by atoms with E-state index in [1.165, 1.54) is 0 Å². The Bertz CT molecular complexity index is 1030. The molecule has 0 saturated carbocycles. The molecule has 2 aliphatic heterocycles. The van der Waals surface area contributed by atoms with Gasteiger partial charge in [0.05, 0.1) is 11.9 Å². The van der Waals surface area contributed by atoms with Gasteiger partial charge >= 0.3 is 0 Å². The number of carbonyl (C=O) groups is 1. The fraction of sp³-hybridized carbons (Fsp3) is 0.652. The van der Waals surface area contributed by atoms with Gasteiger partial charge in [-0.2, -0.15) is 4.98 Å². The van der Waals surface area contributed by atoms with Gasteiger partial charge in [0.15, 0.2) is 0 Å². The maximum atomic E-state index is 13.6. The van der Waals surface area contributed by atoms with Crippen LogP contribution in [0.2, 0.25) is 0 Å². The van der Waals surface area contributed by atoms with Gasteiger partial charge in [0.2, 0.25) is 17.8 Å². The van der Waals surface area contributed by atoms with Crippen molar-refractivity contribution in [3.05, 3.63) is 23.1 Å². The van der Waals surface area contributed by atoms with Gasteiger partial charge in [0.25, 0.3) is 5.92 Å². The molecule has 2 aromatic rings. The lowest BCUT2D eigenvalue weighted by Crippen LogP contribution is -2.50. The molecule has 5 rings (SSSR count). The number of fused-ring (bicyclic) bond motifs is 1. The number of alkyl halides is 2. The normalized spacial score (nSPS) is 22.2. The monoisotopic (exact) mass is 459 g/mol. The van der Waals surface area contributed by atoms with Crippen molar-refractivity contribution in [3.8, 4) is 0 Å². The first-order chi connectivity index (χ1) is 15.8. The molecule has 1 amide bonds. The van der Waals surface area contributed by atoms with E-state index in [4.69, 9.17) is 9.97 Å². The molecule has 10 heteroatoms. The summed E-state index contributed by atoms with van der Waals surface area (Å²) >= 11 is 0. The van der Waals surface area contributed by atoms with Crippen LogP contribution in [0.5, 0.6) is 0 Å². The molecule has 1 aliphatic carbocycles. The number of halogens is 2. The molecule has 0 bridgehead atoms. The van der Waals surface area contributed by atoms with Crippen LogP contribution in [-0.4, -0.2) is 62.3 Å². The van der Waals surface area contributed by atoms with E-state index in [2.05, 4.69) is 29.1 Å². The molecule has 0 spiro atoms. The SMILES string of the molecule is CC(C)c1cnc(Nc2nc(N3CCCC3C(=O)N3CCC(F)(F)CC3)nc3c2CCC3)[nH]1. The molecule has 178 valence electrons. The zero-order valence-corrected chi connectivity index (χ0v) is 19.2. The van der Waals surface area contributed by atoms with E-state index in [9.17, 15) is 13.6 Å². The second-order valence-electron chi connectivity index (χ2n) is 9.65. The number of nitrogens with one attached hydrogen (secondary N) is 2. The zero-order chi connectivity index (χ0) is 23.2. The molecule has 2 saturated heterocycles. The van der Waals surface area contributed by atoms with Crippen molar-refractivity contribution in [3.63, 3.8) is 0 Å². The van der Waals surface area contributed by atoms with Crippen LogP contribution in [-0.2, 0) is 17.6 Å². The molecule has 8 nitrogen and oxygen atoms in total. The number of anilines is 3. The number of piperidine rings is 1. The first-order valence-corrected chi connectivity index (χ1v) is 12.0. The molecule has 3 aliphatic rings. The number of imidazole rings is 1. The number of aromatic amines is 1. The van der Waals surface area contributed by atoms with Crippen molar-refractivity contribution in [2.75, 3.05) is 29.9 Å². The number of aryl methyl sites for hydroxylation is 1. The standard InChI is InChI=1S/C23H31F2N7O/c1-14(2)17-13-26-21(27-17)29-19-15-5-3-6-16(15)28-22(30-19)32-10-4-7-18(32)20(33)31-11-8-23(24,25)9-12-31/h13-14,18H,3-12H2,1-2H3,(H2,26,27,28,29,30). The first kappa shape index (κ1) is 22.0. The van der Waals surface area contributed by atoms with Crippen molar-refractivity contribution in [2.24, 2.45) is 0 Å². The Kier molecular flexibility index (Phi) is 5.70. The summed E-state index contributed by atoms with van der Waals surface area (Å²) in [5.41, 5.74) is 3.15. The maximum Gasteiger partial charge on any atom is 0.251 e. The third kappa shape index (κ3) is 4.39. The quantitative estimate of drug-likeness (QED) is 0.707. The van der Waals surface area contributed by atoms with Gasteiger partial charge in [-0.15, -0.1) is 0 Å². The van der Waals surface area contributed by atoms with Crippen LogP contribution in [0, 0.1) is 0 Å². The first-order valence-electron chi connectivity index (χ1n) is 12.0. The van der Waals surface area contributed by atoms with E-state index >= 15 is 0 Å². The smallest absolute Gasteiger partial charge is 0.251 e. The molecule has 1 unspecified atom stereocenters. The Morgan fingerprint density at radius 2 is 1.97 bits per heavy atom. The highest BCUT2D eigenvalue weighted by molar-refractivity contribution is 5.85. The van der Waals surface area contributed by atoms with Gasteiger partial charge in [-0.1, -0.05) is 13.8 Å². The minimum absolute atomic E-state index is 0.0887. The Balaban J connectivity index is 1.39. The van der Waals surface area contributed by atoms with E-state index in [0.29, 0.717) is 30.8 Å². The topological polar surface area (TPSA) is 90.0 Å². The summed E-state index contributed by atoms with van der Waals surface area (Å²) < 4.78 is 27.1. The Morgan fingerprint density at radius 1 is 1.18 bits per heavy atom. The van der Waals surface area contributed by atoms with E-state index in [0.717, 1.165) is 48.5 Å². The van der Waals surface area contributed by atoms with Crippen molar-refractivity contribution in [1.82, 2.24) is 24.8 Å². The van der Waals surface area contributed by atoms with Crippen LogP contribution in [0.3, 0.4) is 0 Å². The minimum Gasteiger partial charge on any atom is -0.340 e. The average Bonchev–Trinajstić information content (AvgIpc) is 3.53. The minimum atomic E-state index is -2.67. The van der Waals surface area contributed by atoms with Crippen LogP contribution in [0.1, 0.15) is 68.8 Å². The molecule has 2 fully saturated rings. The Morgan fingerprint density at radius 3 is 2.70 bits per heavy atom. The number of amides is 1. The highest BCUT2D eigenvalue weighted by Gasteiger charge is 2.41. The van der Waals surface area contributed by atoms with E-state index in [1.807, 2.05) is 11.1 Å². The number of H-pyrrole nitrogens is 1. The van der Waals surface area contributed by atoms with E-state index < -0.39 is 12.0 Å². The Hall–Kier alpha value is -2.78. The second kappa shape index (κ2) is 8.53. The van der Waals surface area contributed by atoms with Crippen molar-refractivity contribution in [1.29, 1.82) is 0 Å². The van der Waals surface area contributed by atoms with Crippen LogP contribution >= 0.6 is 0 Å². The van der Waals surface area contributed by atoms with Gasteiger partial charge in [0.1, 0.15) is 11.9 Å². The lowest BCUT2D eigenvalue weighted by molar-refractivity contribution is -0.138. The molecule has 1 atom stereocenters. The van der Waals surface area contributed by atoms with Crippen molar-refractivity contribution >= 4 is 23.6 Å². The van der Waals surface area contributed by atoms with E-state index in [-0.39, 0.29) is 31.8 Å². The van der Waals surface area contributed by atoms with Crippen molar-refractivity contribution in [2.45, 2.75) is 76.7 Å². The van der Waals surface area contributed by atoms with Crippen LogP contribution in [0.4, 0.5) is 26.5 Å². The number of aromatic nitrogens is 4. The largest absolute Gasteiger partial charge is 0.340 e. The number of likely N-dealkylation sites (tertiary alicyclic amines) is 1. The summed E-state index contributed by atoms with van der Waals surface area (Å²) in [6.07, 6.45) is 5.62. The van der Waals surface area contributed by atoms with Gasteiger partial charge in [-0.3, -0.25) is 4.79 Å². The Labute approximate surface area is 192 Å². The average molecular weight is 460 g/mol. The summed E-state index contributed by atoms with van der Waals surface area (Å²) in [4.78, 5) is 34.2. The molecule has 33 heavy (non-hydrogen) atoms. The lowest BCUT2D eigenvalue weighted by Gasteiger charge is -2.35. The zero-order valence-electron chi connectivity index (χ0n) is 19.2. The number of carbonyl (C=O) groups excluding carboxylic acids is 1. The van der Waals surface area contributed by atoms with Crippen molar-refractivity contribution < 1.29 is 13.6 Å². The highest BCUT2D eigenvalue weighted by atomic mass is 19.3. The second-order valence-corrected chi connectivity index (χ2v) is 9.65. The third-order valence-electron chi connectivity index (χ3n) is 6.98. The van der Waals surface area contributed by atoms with Gasteiger partial charge in [-0.05, 0) is 38.0 Å². The number of rotatable bonds is 5. The van der Waals surface area contributed by atoms with E-state index in [1.54, 1.807) is 4.90 Å². The van der Waals surface area contributed by atoms with Crippen LogP contribution < -0.4 is 10.2 Å². The summed E-state index contributed by atoms with van der Waals surface area (Å²) in [7, 11) is 0. The summed E-state index contributed by atoms with van der Waals surface area (Å²) in [5.74, 6) is -0.516. The molecule has 0 aromatic carbocycles. The number of nitrogens with zero attached hydrogens (tertiary/aromatic N) is 5. The summed E-state index contributed by atoms with van der Waals surface area (Å²) in [5, 5.41) is 3.34. The number of hydrogen-bond acceptors (Lipinski definition) is 6. The fourth-order valence-corrected chi connectivity index (χ4v) is 4.98. The fourth-order valence-electron chi connectivity index (χ4n) is 4.98. The van der Waals surface area contributed by atoms with Gasteiger partial charge in [-0.25, -0.2) is 18.7 Å². The molecule has 2 N–H and O–H groups in total. The molecule has 4 heterocycles. The predicted octanol–water partition coefficient (Wildman–Crippen LogP) is 3.78. The predicted molar refractivity (Wildman–Crippen MR) is 121 cm³/mol. The van der Waals surface area contributed by atoms with Gasteiger partial charge in [0, 0.05) is 43.7 Å². The summed E-state index contributed by atoms with van der Waals surface area (Å²) in [6, 6.07) is -0.403. The maximum absolute atomic E-state index is 13.6. The van der Waals surface area contributed by atoms with Crippen LogP contribution in [0.15, 0.2) is 6.20 Å². The highest BCUT2D eigenvalue weighted by Crippen LogP contribution is 2.34. The molecule has 0 radical (unpaired) electrons. The number of hydrogen-bond donors (Lipinski definition) is 2. The molecular weight excluding hydrogens is 428 g/mol. The third-order valence-corrected chi connectivity index (χ3v) is 6.98. The van der Waals surface area contributed by atoms with Gasteiger partial charge < -0.3 is 20.1 Å². The summed E-state index contributed by atoms with van der Waals surface area (Å²) in [6.45, 7) is 5.09. The van der Waals surface area contributed by atoms with Crippen LogP contribution in [0.25, 0.3) is 0 Å². The molecule has 2 aromatic heterocycles. The lowest BCUT2D eigenvalue weighted by atomic mass is 10.1.